The van der Waals surface area contributed by atoms with Gasteiger partial charge in [0, 0.05) is 17.6 Å². The molecule has 15 heteroatoms. The first-order chi connectivity index (χ1) is 19.1. The molecule has 0 radical (unpaired) electrons. The Morgan fingerprint density at radius 3 is 2.00 bits per heavy atom. The van der Waals surface area contributed by atoms with Gasteiger partial charge in [-0.15, -0.1) is 0 Å². The van der Waals surface area contributed by atoms with Gasteiger partial charge >= 0.3 is 24.3 Å². The quantitative estimate of drug-likeness (QED) is 0.138. The average Bonchev–Trinajstić information content (AvgIpc) is 3.35. The van der Waals surface area contributed by atoms with E-state index in [1.165, 1.54) is 11.1 Å². The number of alkyl halides is 6. The standard InChI is InChI=1S/C22H20ClN3O.2C2HF3O2/c23-18-3-1-2-16(12-18)10-11-24-14-17-4-6-19(7-5-17)27-20-8-9-21-22(13-20)26-15-25-21;2*3-2(4,5)1(6)7/h1-9,12-13,15,24H,10-11,14H2,(H,25,26);2*(H,6,7). The second kappa shape index (κ2) is 14.9. The lowest BCUT2D eigenvalue weighted by molar-refractivity contribution is -0.193. The van der Waals surface area contributed by atoms with E-state index >= 15 is 0 Å². The summed E-state index contributed by atoms with van der Waals surface area (Å²) in [5.41, 5.74) is 4.36. The first kappa shape index (κ1) is 32.9. The number of imidazole rings is 1. The molecule has 3 aromatic carbocycles. The summed E-state index contributed by atoms with van der Waals surface area (Å²) in [5, 5.41) is 18.5. The van der Waals surface area contributed by atoms with Crippen molar-refractivity contribution in [3.63, 3.8) is 0 Å². The van der Waals surface area contributed by atoms with Gasteiger partial charge in [0.15, 0.2) is 0 Å². The molecule has 8 nitrogen and oxygen atoms in total. The summed E-state index contributed by atoms with van der Waals surface area (Å²) >= 11 is 6.01. The van der Waals surface area contributed by atoms with Crippen molar-refractivity contribution in [3.05, 3.63) is 89.2 Å². The lowest BCUT2D eigenvalue weighted by atomic mass is 10.1. The number of halogens is 7. The number of fused-ring (bicyclic) bond motifs is 1. The Bertz CT molecular complexity index is 1400. The van der Waals surface area contributed by atoms with E-state index in [1.54, 1.807) is 6.33 Å². The number of aromatic amines is 1. The summed E-state index contributed by atoms with van der Waals surface area (Å²) < 4.78 is 69.4. The third kappa shape index (κ3) is 12.2. The van der Waals surface area contributed by atoms with Crippen LogP contribution in [0.2, 0.25) is 5.02 Å². The van der Waals surface area contributed by atoms with Crippen LogP contribution in [0.15, 0.2) is 73.1 Å². The van der Waals surface area contributed by atoms with Gasteiger partial charge in [-0.1, -0.05) is 35.9 Å². The van der Waals surface area contributed by atoms with Crippen molar-refractivity contribution in [1.29, 1.82) is 0 Å². The zero-order valence-corrected chi connectivity index (χ0v) is 21.5. The average molecular weight is 606 g/mol. The second-order valence-corrected chi connectivity index (χ2v) is 8.43. The van der Waals surface area contributed by atoms with Gasteiger partial charge in [0.25, 0.3) is 0 Å². The highest BCUT2D eigenvalue weighted by molar-refractivity contribution is 6.30. The largest absolute Gasteiger partial charge is 0.490 e. The number of rotatable bonds is 7. The van der Waals surface area contributed by atoms with Crippen LogP contribution < -0.4 is 10.1 Å². The van der Waals surface area contributed by atoms with Crippen LogP contribution in [0.25, 0.3) is 11.0 Å². The smallest absolute Gasteiger partial charge is 0.475 e. The van der Waals surface area contributed by atoms with Crippen molar-refractivity contribution in [2.45, 2.75) is 25.3 Å². The van der Waals surface area contributed by atoms with Gasteiger partial charge in [0.2, 0.25) is 0 Å². The molecule has 0 saturated carbocycles. The molecule has 0 aliphatic carbocycles. The molecule has 0 spiro atoms. The van der Waals surface area contributed by atoms with E-state index in [4.69, 9.17) is 36.1 Å². The summed E-state index contributed by atoms with van der Waals surface area (Å²) in [7, 11) is 0. The van der Waals surface area contributed by atoms with Crippen LogP contribution in [0.5, 0.6) is 11.5 Å². The minimum Gasteiger partial charge on any atom is -0.475 e. The van der Waals surface area contributed by atoms with E-state index in [0.29, 0.717) is 0 Å². The Morgan fingerprint density at radius 1 is 0.854 bits per heavy atom. The summed E-state index contributed by atoms with van der Waals surface area (Å²) in [6.45, 7) is 1.72. The Kier molecular flexibility index (Phi) is 12.0. The highest BCUT2D eigenvalue weighted by atomic mass is 35.5. The maximum Gasteiger partial charge on any atom is 0.490 e. The Balaban J connectivity index is 0.000000349. The van der Waals surface area contributed by atoms with Crippen molar-refractivity contribution in [2.24, 2.45) is 0 Å². The zero-order valence-electron chi connectivity index (χ0n) is 20.8. The molecule has 4 N–H and O–H groups in total. The van der Waals surface area contributed by atoms with Crippen LogP contribution in [-0.2, 0) is 22.6 Å². The minimum atomic E-state index is -5.08. The Hall–Kier alpha value is -4.30. The number of aliphatic carboxylic acids is 2. The van der Waals surface area contributed by atoms with Gasteiger partial charge in [-0.3, -0.25) is 0 Å². The Labute approximate surface area is 233 Å². The van der Waals surface area contributed by atoms with Crippen LogP contribution in [-0.4, -0.2) is 51.0 Å². The third-order valence-corrected chi connectivity index (χ3v) is 5.08. The first-order valence-electron chi connectivity index (χ1n) is 11.4. The number of ether oxygens (including phenoxy) is 1. The number of aromatic nitrogens is 2. The number of benzene rings is 3. The van der Waals surface area contributed by atoms with Gasteiger partial charge in [0.1, 0.15) is 11.5 Å². The second-order valence-electron chi connectivity index (χ2n) is 7.99. The summed E-state index contributed by atoms with van der Waals surface area (Å²) in [6, 6.07) is 22.0. The highest BCUT2D eigenvalue weighted by Crippen LogP contribution is 2.24. The molecule has 0 amide bonds. The van der Waals surface area contributed by atoms with Crippen LogP contribution in [0, 0.1) is 0 Å². The van der Waals surface area contributed by atoms with Crippen molar-refractivity contribution in [1.82, 2.24) is 15.3 Å². The summed E-state index contributed by atoms with van der Waals surface area (Å²) in [4.78, 5) is 25.1. The molecule has 4 rings (SSSR count). The molecule has 0 unspecified atom stereocenters. The fourth-order valence-corrected chi connectivity index (χ4v) is 3.16. The van der Waals surface area contributed by atoms with Gasteiger partial charge < -0.3 is 25.3 Å². The normalized spacial score (nSPS) is 11.1. The van der Waals surface area contributed by atoms with Crippen molar-refractivity contribution in [2.75, 3.05) is 6.54 Å². The van der Waals surface area contributed by atoms with Gasteiger partial charge in [-0.2, -0.15) is 26.3 Å². The number of hydrogen-bond acceptors (Lipinski definition) is 5. The monoisotopic (exact) mass is 605 g/mol. The lowest BCUT2D eigenvalue weighted by Gasteiger charge is -2.08. The maximum atomic E-state index is 10.6. The van der Waals surface area contributed by atoms with Crippen LogP contribution in [0.1, 0.15) is 11.1 Å². The highest BCUT2D eigenvalue weighted by Gasteiger charge is 2.38. The number of carbonyl (C=O) groups is 2. The summed E-state index contributed by atoms with van der Waals surface area (Å²) in [5.74, 6) is -3.92. The lowest BCUT2D eigenvalue weighted by Crippen LogP contribution is -2.21. The zero-order chi connectivity index (χ0) is 30.6. The van der Waals surface area contributed by atoms with E-state index in [9.17, 15) is 26.3 Å². The molecule has 1 heterocycles. The Morgan fingerprint density at radius 2 is 1.44 bits per heavy atom. The topological polar surface area (TPSA) is 125 Å². The number of carboxylic acids is 2. The number of H-pyrrole nitrogens is 1. The fourth-order valence-electron chi connectivity index (χ4n) is 2.94. The SMILES string of the molecule is Clc1cccc(CCNCc2ccc(Oc3ccc4[nH]cnc4c3)cc2)c1.O=C(O)C(F)(F)F.O=C(O)C(F)(F)F. The summed E-state index contributed by atoms with van der Waals surface area (Å²) in [6.07, 6.45) is -7.53. The van der Waals surface area contributed by atoms with Gasteiger partial charge in [-0.05, 0) is 60.5 Å². The number of hydrogen-bond donors (Lipinski definition) is 4. The van der Waals surface area contributed by atoms with E-state index in [-0.39, 0.29) is 0 Å². The molecular formula is C26H22ClF6N3O5. The van der Waals surface area contributed by atoms with Gasteiger partial charge in [0.05, 0.1) is 17.4 Å². The van der Waals surface area contributed by atoms with E-state index < -0.39 is 24.3 Å². The minimum absolute atomic E-state index is 0.780. The molecule has 0 saturated heterocycles. The molecule has 1 aromatic heterocycles. The van der Waals surface area contributed by atoms with Gasteiger partial charge in [-0.25, -0.2) is 14.6 Å². The van der Waals surface area contributed by atoms with Crippen molar-refractivity contribution >= 4 is 34.6 Å². The molecule has 0 atom stereocenters. The number of carboxylic acid groups (broad SMARTS) is 2. The van der Waals surface area contributed by atoms with E-state index in [0.717, 1.165) is 47.1 Å². The predicted octanol–water partition coefficient (Wildman–Crippen LogP) is 6.61. The number of nitrogens with zero attached hydrogens (tertiary/aromatic N) is 1. The van der Waals surface area contributed by atoms with Crippen LogP contribution >= 0.6 is 11.6 Å². The van der Waals surface area contributed by atoms with Crippen LogP contribution in [0.4, 0.5) is 26.3 Å². The van der Waals surface area contributed by atoms with Crippen molar-refractivity contribution in [3.8, 4) is 11.5 Å². The third-order valence-electron chi connectivity index (χ3n) is 4.85. The molecule has 0 bridgehead atoms. The number of nitrogens with one attached hydrogen (secondary N) is 2. The first-order valence-corrected chi connectivity index (χ1v) is 11.8. The maximum absolute atomic E-state index is 10.6. The molecule has 41 heavy (non-hydrogen) atoms. The molecular weight excluding hydrogens is 584 g/mol. The molecule has 220 valence electrons. The molecule has 0 fully saturated rings. The predicted molar refractivity (Wildman–Crippen MR) is 137 cm³/mol. The van der Waals surface area contributed by atoms with Crippen LogP contribution in [0.3, 0.4) is 0 Å². The van der Waals surface area contributed by atoms with E-state index in [1.807, 2.05) is 48.5 Å². The van der Waals surface area contributed by atoms with E-state index in [2.05, 4.69) is 33.5 Å². The molecule has 0 aliphatic rings. The fraction of sp³-hybridized carbons (Fsp3) is 0.192. The van der Waals surface area contributed by atoms with Crippen molar-refractivity contribution < 1.29 is 50.9 Å². The molecule has 4 aromatic rings. The molecule has 0 aliphatic heterocycles.